The number of ether oxygens (including phenoxy) is 1. The fourth-order valence-electron chi connectivity index (χ4n) is 2.51. The number of hydrogen-bond donors (Lipinski definition) is 0. The van der Waals surface area contributed by atoms with Gasteiger partial charge in [-0.25, -0.2) is 0 Å². The molecule has 1 aliphatic rings. The van der Waals surface area contributed by atoms with Gasteiger partial charge in [-0.05, 0) is 11.5 Å². The van der Waals surface area contributed by atoms with Crippen molar-refractivity contribution < 1.29 is 14.3 Å². The Kier molecular flexibility index (Phi) is 4.20. The van der Waals surface area contributed by atoms with Gasteiger partial charge < -0.3 is 9.64 Å². The normalized spacial score (nSPS) is 22.3. The molecule has 1 saturated heterocycles. The van der Waals surface area contributed by atoms with E-state index >= 15 is 0 Å². The zero-order chi connectivity index (χ0) is 13.8. The van der Waals surface area contributed by atoms with Gasteiger partial charge in [-0.3, -0.25) is 9.59 Å². The van der Waals surface area contributed by atoms with Crippen molar-refractivity contribution in [1.82, 2.24) is 4.90 Å². The minimum Gasteiger partial charge on any atom is -0.469 e. The van der Waals surface area contributed by atoms with Crippen molar-refractivity contribution in [2.45, 2.75) is 13.3 Å². The standard InChI is InChI=1S/C15H19NO3/c1-11-9-16(10-13(11)15(18)19-2)14(17)8-12-6-4-3-5-7-12/h3-7,11,13H,8-10H2,1-2H3. The van der Waals surface area contributed by atoms with Crippen LogP contribution in [-0.4, -0.2) is 37.0 Å². The quantitative estimate of drug-likeness (QED) is 0.775. The molecule has 0 spiro atoms. The Bertz CT molecular complexity index is 458. The summed E-state index contributed by atoms with van der Waals surface area (Å²) in [5, 5.41) is 0. The van der Waals surface area contributed by atoms with Gasteiger partial charge >= 0.3 is 5.97 Å². The molecule has 0 N–H and O–H groups in total. The number of benzene rings is 1. The molecule has 0 radical (unpaired) electrons. The molecule has 1 aliphatic heterocycles. The molecule has 2 unspecified atom stereocenters. The van der Waals surface area contributed by atoms with Crippen LogP contribution in [0.15, 0.2) is 30.3 Å². The van der Waals surface area contributed by atoms with Crippen LogP contribution in [0.4, 0.5) is 0 Å². The molecule has 1 fully saturated rings. The number of carbonyl (C=O) groups is 2. The van der Waals surface area contributed by atoms with Crippen molar-refractivity contribution in [1.29, 1.82) is 0 Å². The van der Waals surface area contributed by atoms with Gasteiger partial charge in [0.25, 0.3) is 0 Å². The summed E-state index contributed by atoms with van der Waals surface area (Å²) in [6, 6.07) is 9.66. The fraction of sp³-hybridized carbons (Fsp3) is 0.467. The molecule has 102 valence electrons. The molecule has 0 bridgehead atoms. The van der Waals surface area contributed by atoms with Gasteiger partial charge in [-0.2, -0.15) is 0 Å². The molecule has 1 heterocycles. The lowest BCUT2D eigenvalue weighted by Crippen LogP contribution is -2.31. The number of methoxy groups -OCH3 is 1. The maximum absolute atomic E-state index is 12.2. The third-order valence-corrected chi connectivity index (χ3v) is 3.67. The van der Waals surface area contributed by atoms with E-state index in [-0.39, 0.29) is 23.7 Å². The van der Waals surface area contributed by atoms with E-state index in [9.17, 15) is 9.59 Å². The summed E-state index contributed by atoms with van der Waals surface area (Å²) < 4.78 is 4.77. The van der Waals surface area contributed by atoms with E-state index < -0.39 is 0 Å². The molecule has 0 saturated carbocycles. The molecule has 1 aromatic rings. The maximum Gasteiger partial charge on any atom is 0.310 e. The highest BCUT2D eigenvalue weighted by molar-refractivity contribution is 5.81. The Hall–Kier alpha value is -1.84. The predicted octanol–water partition coefficient (Wildman–Crippen LogP) is 1.50. The van der Waals surface area contributed by atoms with Crippen LogP contribution in [0.1, 0.15) is 12.5 Å². The van der Waals surface area contributed by atoms with Crippen LogP contribution >= 0.6 is 0 Å². The molecular weight excluding hydrogens is 242 g/mol. The zero-order valence-corrected chi connectivity index (χ0v) is 11.3. The minimum absolute atomic E-state index is 0.0736. The molecule has 2 rings (SSSR count). The topological polar surface area (TPSA) is 46.6 Å². The number of hydrogen-bond acceptors (Lipinski definition) is 3. The highest BCUT2D eigenvalue weighted by atomic mass is 16.5. The third-order valence-electron chi connectivity index (χ3n) is 3.67. The van der Waals surface area contributed by atoms with Crippen molar-refractivity contribution in [3.63, 3.8) is 0 Å². The van der Waals surface area contributed by atoms with E-state index in [1.165, 1.54) is 7.11 Å². The van der Waals surface area contributed by atoms with Gasteiger partial charge in [-0.15, -0.1) is 0 Å². The zero-order valence-electron chi connectivity index (χ0n) is 11.3. The summed E-state index contributed by atoms with van der Waals surface area (Å²) in [5.74, 6) is -0.177. The minimum atomic E-state index is -0.220. The lowest BCUT2D eigenvalue weighted by atomic mass is 9.99. The Balaban J connectivity index is 1.96. The Morgan fingerprint density at radius 1 is 1.26 bits per heavy atom. The summed E-state index contributed by atoms with van der Waals surface area (Å²) in [5.41, 5.74) is 1.00. The van der Waals surface area contributed by atoms with Gasteiger partial charge in [0.15, 0.2) is 0 Å². The van der Waals surface area contributed by atoms with Crippen molar-refractivity contribution in [2.24, 2.45) is 11.8 Å². The number of carbonyl (C=O) groups excluding carboxylic acids is 2. The summed E-state index contributed by atoms with van der Waals surface area (Å²) in [4.78, 5) is 25.5. The monoisotopic (exact) mass is 261 g/mol. The van der Waals surface area contributed by atoms with Crippen LogP contribution < -0.4 is 0 Å². The average molecular weight is 261 g/mol. The molecule has 0 aliphatic carbocycles. The summed E-state index contributed by atoms with van der Waals surface area (Å²) >= 11 is 0. The Labute approximate surface area is 113 Å². The molecular formula is C15H19NO3. The second kappa shape index (κ2) is 5.87. The summed E-state index contributed by atoms with van der Waals surface area (Å²) in [7, 11) is 1.39. The second-order valence-electron chi connectivity index (χ2n) is 5.07. The average Bonchev–Trinajstić information content (AvgIpc) is 2.81. The lowest BCUT2D eigenvalue weighted by molar-refractivity contribution is -0.146. The number of likely N-dealkylation sites (tertiary alicyclic amines) is 1. The maximum atomic E-state index is 12.2. The van der Waals surface area contributed by atoms with Crippen LogP contribution in [0.3, 0.4) is 0 Å². The molecule has 2 atom stereocenters. The van der Waals surface area contributed by atoms with Gasteiger partial charge in [0, 0.05) is 13.1 Å². The van der Waals surface area contributed by atoms with Gasteiger partial charge in [0.2, 0.25) is 5.91 Å². The van der Waals surface area contributed by atoms with E-state index in [1.54, 1.807) is 4.90 Å². The highest BCUT2D eigenvalue weighted by Gasteiger charge is 2.37. The van der Waals surface area contributed by atoms with E-state index in [0.29, 0.717) is 19.5 Å². The van der Waals surface area contributed by atoms with E-state index in [2.05, 4.69) is 0 Å². The van der Waals surface area contributed by atoms with E-state index in [4.69, 9.17) is 4.74 Å². The van der Waals surface area contributed by atoms with Crippen molar-refractivity contribution in [3.05, 3.63) is 35.9 Å². The molecule has 1 aromatic carbocycles. The largest absolute Gasteiger partial charge is 0.469 e. The molecule has 4 heteroatoms. The molecule has 19 heavy (non-hydrogen) atoms. The van der Waals surface area contributed by atoms with Crippen LogP contribution in [-0.2, 0) is 20.7 Å². The van der Waals surface area contributed by atoms with Gasteiger partial charge in [-0.1, -0.05) is 37.3 Å². The van der Waals surface area contributed by atoms with Gasteiger partial charge in [0.05, 0.1) is 19.4 Å². The van der Waals surface area contributed by atoms with E-state index in [1.807, 2.05) is 37.3 Å². The number of nitrogens with zero attached hydrogens (tertiary/aromatic N) is 1. The van der Waals surface area contributed by atoms with Crippen molar-refractivity contribution in [3.8, 4) is 0 Å². The first-order valence-corrected chi connectivity index (χ1v) is 6.51. The van der Waals surface area contributed by atoms with Crippen LogP contribution in [0.2, 0.25) is 0 Å². The van der Waals surface area contributed by atoms with E-state index in [0.717, 1.165) is 5.56 Å². The molecule has 1 amide bonds. The lowest BCUT2D eigenvalue weighted by Gasteiger charge is -2.16. The van der Waals surface area contributed by atoms with Crippen molar-refractivity contribution in [2.75, 3.05) is 20.2 Å². The highest BCUT2D eigenvalue weighted by Crippen LogP contribution is 2.24. The first-order valence-electron chi connectivity index (χ1n) is 6.51. The Morgan fingerprint density at radius 2 is 1.95 bits per heavy atom. The fourth-order valence-corrected chi connectivity index (χ4v) is 2.51. The molecule has 0 aromatic heterocycles. The summed E-state index contributed by atoms with van der Waals surface area (Å²) in [6.45, 7) is 3.09. The van der Waals surface area contributed by atoms with Crippen LogP contribution in [0.5, 0.6) is 0 Å². The number of rotatable bonds is 3. The third kappa shape index (κ3) is 3.13. The SMILES string of the molecule is COC(=O)C1CN(C(=O)Cc2ccccc2)CC1C. The van der Waals surface area contributed by atoms with Crippen LogP contribution in [0, 0.1) is 11.8 Å². The number of amides is 1. The predicted molar refractivity (Wildman–Crippen MR) is 71.4 cm³/mol. The van der Waals surface area contributed by atoms with Gasteiger partial charge in [0.1, 0.15) is 0 Å². The van der Waals surface area contributed by atoms with Crippen LogP contribution in [0.25, 0.3) is 0 Å². The first kappa shape index (κ1) is 13.6. The van der Waals surface area contributed by atoms with Crippen molar-refractivity contribution >= 4 is 11.9 Å². The summed E-state index contributed by atoms with van der Waals surface area (Å²) in [6.07, 6.45) is 0.390. The Morgan fingerprint density at radius 3 is 2.58 bits per heavy atom. The molecule has 4 nitrogen and oxygen atoms in total. The second-order valence-corrected chi connectivity index (χ2v) is 5.07. The smallest absolute Gasteiger partial charge is 0.310 e. The first-order chi connectivity index (χ1) is 9.11. The number of esters is 1.